The highest BCUT2D eigenvalue weighted by Crippen LogP contribution is 2.23. The molecule has 0 radical (unpaired) electrons. The zero-order chi connectivity index (χ0) is 9.33. The van der Waals surface area contributed by atoms with Crippen LogP contribution in [0.15, 0.2) is 0 Å². The van der Waals surface area contributed by atoms with Crippen LogP contribution in [0.2, 0.25) is 6.04 Å². The van der Waals surface area contributed by atoms with Crippen molar-refractivity contribution in [3.8, 4) is 0 Å². The van der Waals surface area contributed by atoms with Gasteiger partial charge in [0.15, 0.2) is 0 Å². The molecule has 0 N–H and O–H groups in total. The van der Waals surface area contributed by atoms with E-state index in [2.05, 4.69) is 0 Å². The van der Waals surface area contributed by atoms with E-state index in [9.17, 15) is 0 Å². The van der Waals surface area contributed by atoms with Gasteiger partial charge in [0.2, 0.25) is 0 Å². The smallest absolute Gasteiger partial charge is 0.341 e. The van der Waals surface area contributed by atoms with E-state index in [0.29, 0.717) is 6.04 Å². The van der Waals surface area contributed by atoms with Gasteiger partial charge in [-0.2, -0.15) is 0 Å². The number of rotatable bonds is 3. The normalized spacial score (nSPS) is 10.4. The molecular formula is C6H15Cl3OSi. The van der Waals surface area contributed by atoms with E-state index >= 15 is 0 Å². The molecule has 70 valence electrons. The van der Waals surface area contributed by atoms with Crippen LogP contribution in [0.3, 0.4) is 0 Å². The zero-order valence-electron chi connectivity index (χ0n) is 7.16. The molecule has 0 fully saturated rings. The lowest BCUT2D eigenvalue weighted by Gasteiger charge is -1.98. The fourth-order valence-electron chi connectivity index (χ4n) is 0.204. The lowest BCUT2D eigenvalue weighted by molar-refractivity contribution is 0.162. The lowest BCUT2D eigenvalue weighted by atomic mass is 10.8. The summed E-state index contributed by atoms with van der Waals surface area (Å²) >= 11 is 16.2. The summed E-state index contributed by atoms with van der Waals surface area (Å²) in [6.07, 6.45) is 0. The molecule has 0 spiro atoms. The van der Waals surface area contributed by atoms with Crippen LogP contribution in [0.5, 0.6) is 0 Å². The second kappa shape index (κ2) is 9.14. The van der Waals surface area contributed by atoms with E-state index in [1.807, 2.05) is 20.8 Å². The zero-order valence-corrected chi connectivity index (χ0v) is 10.4. The third kappa shape index (κ3) is 24.7. The van der Waals surface area contributed by atoms with E-state index in [1.165, 1.54) is 0 Å². The Morgan fingerprint density at radius 1 is 1.00 bits per heavy atom. The van der Waals surface area contributed by atoms with Crippen molar-refractivity contribution >= 4 is 39.2 Å². The molecular weight excluding hydrogens is 223 g/mol. The van der Waals surface area contributed by atoms with Crippen LogP contribution in [0, 0.1) is 0 Å². The summed E-state index contributed by atoms with van der Waals surface area (Å²) < 4.78 is 4.83. The van der Waals surface area contributed by atoms with E-state index in [1.54, 1.807) is 0 Å². The van der Waals surface area contributed by atoms with E-state index < -0.39 is 6.00 Å². The molecule has 0 heterocycles. The fourth-order valence-corrected chi connectivity index (χ4v) is 0.204. The van der Waals surface area contributed by atoms with Crippen molar-refractivity contribution in [1.82, 2.24) is 0 Å². The van der Waals surface area contributed by atoms with Gasteiger partial charge in [-0.05, 0) is 19.9 Å². The maximum atomic E-state index is 5.39. The van der Waals surface area contributed by atoms with Gasteiger partial charge in [0.05, 0.1) is 0 Å². The van der Waals surface area contributed by atoms with E-state index in [-0.39, 0.29) is 0 Å². The molecule has 0 rings (SSSR count). The molecule has 0 atom stereocenters. The van der Waals surface area contributed by atoms with Gasteiger partial charge in [-0.15, -0.1) is 33.2 Å². The second-order valence-electron chi connectivity index (χ2n) is 1.75. The van der Waals surface area contributed by atoms with Crippen molar-refractivity contribution in [1.29, 1.82) is 0 Å². The minimum atomic E-state index is -2.21. The molecule has 1 nitrogen and oxygen atoms in total. The first kappa shape index (κ1) is 14.6. The predicted molar refractivity (Wildman–Crippen MR) is 56.0 cm³/mol. The largest absolute Gasteiger partial charge is 0.382 e. The summed E-state index contributed by atoms with van der Waals surface area (Å²) in [7, 11) is 0. The molecule has 0 amide bonds. The summed E-state index contributed by atoms with van der Waals surface area (Å²) in [5.41, 5.74) is 0. The third-order valence-corrected chi connectivity index (χ3v) is 4.02. The molecule has 0 aliphatic heterocycles. The molecule has 0 saturated heterocycles. The summed E-state index contributed by atoms with van der Waals surface area (Å²) in [5.74, 6) is 0. The average molecular weight is 238 g/mol. The van der Waals surface area contributed by atoms with Crippen molar-refractivity contribution in [3.05, 3.63) is 0 Å². The Bertz CT molecular complexity index is 72.7. The van der Waals surface area contributed by atoms with Gasteiger partial charge in [-0.25, -0.2) is 0 Å². The molecule has 0 saturated carbocycles. The minimum Gasteiger partial charge on any atom is -0.382 e. The number of halogens is 3. The highest BCUT2D eigenvalue weighted by Gasteiger charge is 2.20. The summed E-state index contributed by atoms with van der Waals surface area (Å²) in [6.45, 7) is 7.54. The molecule has 0 aliphatic rings. The number of hydrogen-bond donors (Lipinski definition) is 0. The first-order chi connectivity index (χ1) is 4.97. The van der Waals surface area contributed by atoms with Crippen LogP contribution in [0.25, 0.3) is 0 Å². The molecule has 5 heteroatoms. The van der Waals surface area contributed by atoms with Gasteiger partial charge in [0, 0.05) is 13.2 Å². The molecule has 0 aromatic heterocycles. The predicted octanol–water partition coefficient (Wildman–Crippen LogP) is 3.70. The Kier molecular flexibility index (Phi) is 12.1. The Hall–Kier alpha value is 1.05. The molecule has 0 aromatic rings. The van der Waals surface area contributed by atoms with Crippen molar-refractivity contribution in [2.24, 2.45) is 0 Å². The van der Waals surface area contributed by atoms with Crippen molar-refractivity contribution in [2.75, 3.05) is 13.2 Å². The topological polar surface area (TPSA) is 9.23 Å². The Morgan fingerprint density at radius 2 is 1.27 bits per heavy atom. The van der Waals surface area contributed by atoms with Gasteiger partial charge < -0.3 is 4.74 Å². The van der Waals surface area contributed by atoms with Crippen LogP contribution >= 0.6 is 33.2 Å². The van der Waals surface area contributed by atoms with Gasteiger partial charge in [-0.1, -0.05) is 6.92 Å². The van der Waals surface area contributed by atoms with Crippen LogP contribution in [0.1, 0.15) is 20.8 Å². The SMILES string of the molecule is CCOCC.CC[Si](Cl)(Cl)Cl. The van der Waals surface area contributed by atoms with Gasteiger partial charge in [-0.3, -0.25) is 0 Å². The highest BCUT2D eigenvalue weighted by molar-refractivity contribution is 7.64. The van der Waals surface area contributed by atoms with Crippen molar-refractivity contribution in [2.45, 2.75) is 26.8 Å². The first-order valence-corrected chi connectivity index (χ1v) is 8.86. The summed E-state index contributed by atoms with van der Waals surface area (Å²) in [6, 6.07) is -1.51. The van der Waals surface area contributed by atoms with Gasteiger partial charge in [0.25, 0.3) is 0 Å². The monoisotopic (exact) mass is 236 g/mol. The molecule has 0 aromatic carbocycles. The minimum absolute atomic E-state index is 0.706. The lowest BCUT2D eigenvalue weighted by Crippen LogP contribution is -2.04. The summed E-state index contributed by atoms with van der Waals surface area (Å²) in [5, 5.41) is 0. The van der Waals surface area contributed by atoms with Crippen LogP contribution in [-0.4, -0.2) is 19.2 Å². The number of ether oxygens (including phenoxy) is 1. The maximum Gasteiger partial charge on any atom is 0.341 e. The van der Waals surface area contributed by atoms with Gasteiger partial charge in [0.1, 0.15) is 0 Å². The molecule has 11 heavy (non-hydrogen) atoms. The summed E-state index contributed by atoms with van der Waals surface area (Å²) in [4.78, 5) is 0. The quantitative estimate of drug-likeness (QED) is 0.537. The average Bonchev–Trinajstić information content (AvgIpc) is 1.90. The molecule has 0 unspecified atom stereocenters. The second-order valence-corrected chi connectivity index (χ2v) is 11.2. The Morgan fingerprint density at radius 3 is 1.27 bits per heavy atom. The van der Waals surface area contributed by atoms with Crippen LogP contribution in [0.4, 0.5) is 0 Å². The highest BCUT2D eigenvalue weighted by atomic mass is 35.8. The van der Waals surface area contributed by atoms with Crippen molar-refractivity contribution < 1.29 is 4.74 Å². The standard InChI is InChI=1S/C4H10O.C2H5Cl3Si/c1-3-5-4-2;1-2-6(3,4)5/h3-4H2,1-2H3;2H2,1H3. The number of hydrogen-bond acceptors (Lipinski definition) is 1. The van der Waals surface area contributed by atoms with Crippen molar-refractivity contribution in [3.63, 3.8) is 0 Å². The fraction of sp³-hybridized carbons (Fsp3) is 1.00. The van der Waals surface area contributed by atoms with Crippen LogP contribution in [-0.2, 0) is 4.74 Å². The van der Waals surface area contributed by atoms with Crippen LogP contribution < -0.4 is 0 Å². The first-order valence-electron chi connectivity index (χ1n) is 3.62. The third-order valence-electron chi connectivity index (χ3n) is 0.809. The van der Waals surface area contributed by atoms with E-state index in [0.717, 1.165) is 13.2 Å². The van der Waals surface area contributed by atoms with Gasteiger partial charge >= 0.3 is 6.00 Å². The Labute approximate surface area is 84.1 Å². The molecule has 0 aliphatic carbocycles. The Balaban J connectivity index is 0. The molecule has 0 bridgehead atoms. The maximum absolute atomic E-state index is 5.39. The van der Waals surface area contributed by atoms with E-state index in [4.69, 9.17) is 38.0 Å².